The van der Waals surface area contributed by atoms with Gasteiger partial charge in [0.1, 0.15) is 5.76 Å². The van der Waals surface area contributed by atoms with Crippen LogP contribution >= 0.6 is 0 Å². The van der Waals surface area contributed by atoms with Crippen molar-refractivity contribution in [1.29, 1.82) is 0 Å². The maximum atomic E-state index is 13.5. The summed E-state index contributed by atoms with van der Waals surface area (Å²) >= 11 is 0. The number of amides is 1. The Morgan fingerprint density at radius 1 is 0.784 bits per heavy atom. The smallest absolute Gasteiger partial charge is 0.300 e. The molecule has 1 N–H and O–H groups in total. The number of Topliss-reactive ketones (excluding diaryl/α,β-unsaturated/α-hetero) is 1. The Hall–Kier alpha value is -3.66. The van der Waals surface area contributed by atoms with E-state index < -0.39 is 17.7 Å². The lowest BCUT2D eigenvalue weighted by Crippen LogP contribution is -2.29. The minimum atomic E-state index is -0.706. The van der Waals surface area contributed by atoms with Gasteiger partial charge in [-0.15, -0.1) is 0 Å². The number of aliphatic hydroxyl groups is 1. The number of aryl methyl sites for hydroxylation is 2. The Bertz CT molecular complexity index is 1360. The molecule has 1 aliphatic heterocycles. The van der Waals surface area contributed by atoms with E-state index in [1.807, 2.05) is 60.7 Å². The van der Waals surface area contributed by atoms with Crippen LogP contribution in [-0.2, 0) is 22.4 Å². The molecule has 37 heavy (non-hydrogen) atoms. The third-order valence-electron chi connectivity index (χ3n) is 7.82. The largest absolute Gasteiger partial charge is 0.507 e. The molecule has 0 bridgehead atoms. The van der Waals surface area contributed by atoms with E-state index in [9.17, 15) is 14.7 Å². The van der Waals surface area contributed by atoms with Gasteiger partial charge in [0.2, 0.25) is 0 Å². The predicted molar refractivity (Wildman–Crippen MR) is 149 cm³/mol. The summed E-state index contributed by atoms with van der Waals surface area (Å²) < 4.78 is 0. The predicted octanol–water partition coefficient (Wildman–Crippen LogP) is 7.44. The van der Waals surface area contributed by atoms with Crippen molar-refractivity contribution in [2.75, 3.05) is 4.90 Å². The third-order valence-corrected chi connectivity index (χ3v) is 7.82. The number of benzene rings is 3. The van der Waals surface area contributed by atoms with Crippen molar-refractivity contribution >= 4 is 23.1 Å². The lowest BCUT2D eigenvalue weighted by molar-refractivity contribution is -0.132. The summed E-state index contributed by atoms with van der Waals surface area (Å²) in [5.74, 6) is -0.658. The van der Waals surface area contributed by atoms with Gasteiger partial charge >= 0.3 is 0 Å². The van der Waals surface area contributed by atoms with Gasteiger partial charge in [-0.1, -0.05) is 76.2 Å². The fourth-order valence-corrected chi connectivity index (χ4v) is 5.53. The third kappa shape index (κ3) is 4.61. The summed E-state index contributed by atoms with van der Waals surface area (Å²) in [5.41, 5.74) is 7.04. The molecule has 1 unspecified atom stereocenters. The number of nitrogens with zero attached hydrogens (tertiary/aromatic N) is 1. The topological polar surface area (TPSA) is 57.6 Å². The molecule has 4 heteroatoms. The summed E-state index contributed by atoms with van der Waals surface area (Å²) in [5, 5.41) is 11.5. The minimum Gasteiger partial charge on any atom is -0.507 e. The summed E-state index contributed by atoms with van der Waals surface area (Å²) in [6.45, 7) is 8.51. The Balaban J connectivity index is 1.66. The van der Waals surface area contributed by atoms with E-state index in [1.54, 1.807) is 4.90 Å². The van der Waals surface area contributed by atoms with Crippen molar-refractivity contribution in [2.45, 2.75) is 71.3 Å². The maximum absolute atomic E-state index is 13.5. The number of hydrogen-bond acceptors (Lipinski definition) is 3. The molecule has 0 spiro atoms. The number of aliphatic hydroxyl groups excluding tert-OH is 1. The van der Waals surface area contributed by atoms with Gasteiger partial charge < -0.3 is 5.11 Å². The van der Waals surface area contributed by atoms with E-state index in [0.717, 1.165) is 30.4 Å². The summed E-state index contributed by atoms with van der Waals surface area (Å²) in [6, 6.07) is 21.0. The van der Waals surface area contributed by atoms with E-state index >= 15 is 0 Å². The lowest BCUT2D eigenvalue weighted by Gasteiger charge is -2.26. The zero-order valence-electron chi connectivity index (χ0n) is 22.1. The fourth-order valence-electron chi connectivity index (χ4n) is 5.53. The first-order chi connectivity index (χ1) is 17.8. The van der Waals surface area contributed by atoms with Crippen LogP contribution in [0.2, 0.25) is 0 Å². The number of carbonyl (C=O) groups excluding carboxylic acids is 2. The molecule has 190 valence electrons. The standard InChI is InChI=1S/C33H35NO3/c1-20(2)22-9-12-25(13-10-22)30-29(31(35)27-14-11-24-7-5-6-8-26(24)19-27)32(36)33(37)34(30)28-17-15-23(16-18-28)21(3)4/h9-21,30,35H,5-8H2,1-4H3/b31-29-. The van der Waals surface area contributed by atoms with Crippen LogP contribution in [0, 0.1) is 0 Å². The monoisotopic (exact) mass is 493 g/mol. The highest BCUT2D eigenvalue weighted by atomic mass is 16.3. The maximum Gasteiger partial charge on any atom is 0.300 e. The zero-order chi connectivity index (χ0) is 26.3. The molecule has 3 aromatic carbocycles. The van der Waals surface area contributed by atoms with Crippen molar-refractivity contribution in [3.05, 3.63) is 106 Å². The van der Waals surface area contributed by atoms with Gasteiger partial charge in [0.25, 0.3) is 11.7 Å². The van der Waals surface area contributed by atoms with Gasteiger partial charge in [-0.25, -0.2) is 0 Å². The Labute approximate surface area is 219 Å². The average molecular weight is 494 g/mol. The van der Waals surface area contributed by atoms with Crippen LogP contribution < -0.4 is 4.90 Å². The molecule has 4 nitrogen and oxygen atoms in total. The van der Waals surface area contributed by atoms with Gasteiger partial charge in [0, 0.05) is 11.3 Å². The van der Waals surface area contributed by atoms with Crippen LogP contribution in [0.3, 0.4) is 0 Å². The first-order valence-corrected chi connectivity index (χ1v) is 13.4. The molecule has 1 fully saturated rings. The molecule has 1 amide bonds. The number of rotatable bonds is 5. The molecular weight excluding hydrogens is 458 g/mol. The Kier molecular flexibility index (Phi) is 6.76. The Morgan fingerprint density at radius 3 is 1.95 bits per heavy atom. The highest BCUT2D eigenvalue weighted by molar-refractivity contribution is 6.51. The van der Waals surface area contributed by atoms with Gasteiger partial charge in [-0.3, -0.25) is 14.5 Å². The number of fused-ring (bicyclic) bond motifs is 1. The highest BCUT2D eigenvalue weighted by Gasteiger charge is 2.47. The average Bonchev–Trinajstić information content (AvgIpc) is 3.18. The lowest BCUT2D eigenvalue weighted by atomic mass is 9.88. The van der Waals surface area contributed by atoms with E-state index in [2.05, 4.69) is 33.8 Å². The van der Waals surface area contributed by atoms with E-state index in [0.29, 0.717) is 23.1 Å². The van der Waals surface area contributed by atoms with Crippen molar-refractivity contribution < 1.29 is 14.7 Å². The van der Waals surface area contributed by atoms with Crippen LogP contribution in [0.4, 0.5) is 5.69 Å². The summed E-state index contributed by atoms with van der Waals surface area (Å²) in [7, 11) is 0. The van der Waals surface area contributed by atoms with Crippen LogP contribution in [0.25, 0.3) is 5.76 Å². The van der Waals surface area contributed by atoms with Gasteiger partial charge in [-0.2, -0.15) is 0 Å². The van der Waals surface area contributed by atoms with Crippen molar-refractivity contribution in [3.63, 3.8) is 0 Å². The van der Waals surface area contributed by atoms with Crippen molar-refractivity contribution in [3.8, 4) is 0 Å². The molecular formula is C33H35NO3. The molecule has 1 saturated heterocycles. The highest BCUT2D eigenvalue weighted by Crippen LogP contribution is 2.43. The molecule has 0 radical (unpaired) electrons. The molecule has 3 aromatic rings. The molecule has 5 rings (SSSR count). The van der Waals surface area contributed by atoms with Crippen LogP contribution in [0.5, 0.6) is 0 Å². The molecule has 1 aliphatic carbocycles. The number of anilines is 1. The molecule has 0 saturated carbocycles. The van der Waals surface area contributed by atoms with E-state index in [-0.39, 0.29) is 11.3 Å². The first kappa shape index (κ1) is 25.0. The normalized spacial score (nSPS) is 19.1. The first-order valence-electron chi connectivity index (χ1n) is 13.4. The number of ketones is 1. The van der Waals surface area contributed by atoms with Gasteiger partial charge in [0.15, 0.2) is 0 Å². The van der Waals surface area contributed by atoms with Crippen molar-refractivity contribution in [1.82, 2.24) is 0 Å². The Morgan fingerprint density at radius 2 is 1.35 bits per heavy atom. The second-order valence-electron chi connectivity index (χ2n) is 10.9. The molecule has 0 aromatic heterocycles. The van der Waals surface area contributed by atoms with Crippen LogP contribution in [0.1, 0.15) is 91.8 Å². The zero-order valence-corrected chi connectivity index (χ0v) is 22.1. The summed E-state index contributed by atoms with van der Waals surface area (Å²) in [4.78, 5) is 28.6. The SMILES string of the molecule is CC(C)c1ccc(C2/C(=C(/O)c3ccc4c(c3)CCCC4)C(=O)C(=O)N2c2ccc(C(C)C)cc2)cc1. The van der Waals surface area contributed by atoms with Gasteiger partial charge in [0.05, 0.1) is 11.6 Å². The summed E-state index contributed by atoms with van der Waals surface area (Å²) in [6.07, 6.45) is 4.30. The quantitative estimate of drug-likeness (QED) is 0.228. The number of carbonyl (C=O) groups is 2. The minimum absolute atomic E-state index is 0.106. The van der Waals surface area contributed by atoms with Crippen LogP contribution in [-0.4, -0.2) is 16.8 Å². The number of hydrogen-bond donors (Lipinski definition) is 1. The molecule has 1 heterocycles. The van der Waals surface area contributed by atoms with E-state index in [1.165, 1.54) is 23.1 Å². The van der Waals surface area contributed by atoms with E-state index in [4.69, 9.17) is 0 Å². The molecule has 2 aliphatic rings. The fraction of sp³-hybridized carbons (Fsp3) is 0.333. The van der Waals surface area contributed by atoms with Gasteiger partial charge in [-0.05, 0) is 83.5 Å². The van der Waals surface area contributed by atoms with Crippen LogP contribution in [0.15, 0.2) is 72.3 Å². The van der Waals surface area contributed by atoms with Crippen molar-refractivity contribution in [2.24, 2.45) is 0 Å². The molecule has 1 atom stereocenters. The second kappa shape index (κ2) is 10.0. The second-order valence-corrected chi connectivity index (χ2v) is 10.9.